The van der Waals surface area contributed by atoms with Gasteiger partial charge in [-0.15, -0.1) is 5.92 Å². The molecule has 0 aliphatic carbocycles. The Kier molecular flexibility index (Phi) is 8.52. The lowest BCUT2D eigenvalue weighted by Gasteiger charge is -2.41. The van der Waals surface area contributed by atoms with E-state index < -0.39 is 0 Å². The highest BCUT2D eigenvalue weighted by atomic mass is 16.5. The molecule has 1 aliphatic rings. The van der Waals surface area contributed by atoms with Gasteiger partial charge < -0.3 is 33.6 Å². The number of fused-ring (bicyclic) bond motifs is 1. The van der Waals surface area contributed by atoms with Crippen LogP contribution in [0.15, 0.2) is 40.8 Å². The third-order valence-electron chi connectivity index (χ3n) is 7.95. The Labute approximate surface area is 251 Å². The molecule has 226 valence electrons. The topological polar surface area (TPSA) is 114 Å². The monoisotopic (exact) mass is 588 g/mol. The Morgan fingerprint density at radius 3 is 2.23 bits per heavy atom. The molecule has 1 saturated heterocycles. The number of aromatic nitrogens is 2. The maximum Gasteiger partial charge on any atom is 0.214 e. The normalized spacial score (nSPS) is 14.7. The van der Waals surface area contributed by atoms with E-state index in [0.29, 0.717) is 57.8 Å². The molecule has 43 heavy (non-hydrogen) atoms. The summed E-state index contributed by atoms with van der Waals surface area (Å²) in [6, 6.07) is 10.7. The van der Waals surface area contributed by atoms with Crippen molar-refractivity contribution >= 4 is 22.6 Å². The van der Waals surface area contributed by atoms with Gasteiger partial charge in [0.15, 0.2) is 23.1 Å². The average molecular weight is 589 g/mol. The van der Waals surface area contributed by atoms with Crippen LogP contribution in [0.1, 0.15) is 34.3 Å². The van der Waals surface area contributed by atoms with E-state index in [-0.39, 0.29) is 5.78 Å². The first-order chi connectivity index (χ1) is 20.7. The minimum Gasteiger partial charge on any atom is -0.495 e. The van der Waals surface area contributed by atoms with E-state index >= 15 is 0 Å². The van der Waals surface area contributed by atoms with Crippen molar-refractivity contribution in [3.8, 4) is 34.8 Å². The van der Waals surface area contributed by atoms with Gasteiger partial charge in [0.1, 0.15) is 18.0 Å². The molecule has 0 bridgehead atoms. The number of hydrogen-bond acceptors (Lipinski definition) is 9. The Balaban J connectivity index is 1.51. The molecule has 0 amide bonds. The van der Waals surface area contributed by atoms with Crippen molar-refractivity contribution in [1.29, 1.82) is 0 Å². The minimum absolute atomic E-state index is 0.274. The van der Waals surface area contributed by atoms with Crippen molar-refractivity contribution in [3.63, 3.8) is 0 Å². The number of ketones is 1. The van der Waals surface area contributed by atoms with Gasteiger partial charge in [0.25, 0.3) is 0 Å². The number of furan rings is 1. The summed E-state index contributed by atoms with van der Waals surface area (Å²) < 4.78 is 30.5. The summed E-state index contributed by atoms with van der Waals surface area (Å²) in [4.78, 5) is 16.4. The summed E-state index contributed by atoms with van der Waals surface area (Å²) in [6.45, 7) is 6.54. The smallest absolute Gasteiger partial charge is 0.214 e. The summed E-state index contributed by atoms with van der Waals surface area (Å²) in [5, 5.41) is 5.58. The van der Waals surface area contributed by atoms with Crippen LogP contribution >= 0.6 is 0 Å². The predicted octanol–water partition coefficient (Wildman–Crippen LogP) is 3.77. The van der Waals surface area contributed by atoms with Crippen LogP contribution in [0.5, 0.6) is 23.0 Å². The fourth-order valence-electron chi connectivity index (χ4n) is 5.63. The van der Waals surface area contributed by atoms with Gasteiger partial charge >= 0.3 is 0 Å². The highest BCUT2D eigenvalue weighted by molar-refractivity contribution is 6.16. The first-order valence-corrected chi connectivity index (χ1v) is 14.0. The van der Waals surface area contributed by atoms with Crippen molar-refractivity contribution in [2.24, 2.45) is 0 Å². The van der Waals surface area contributed by atoms with Crippen molar-refractivity contribution in [2.45, 2.75) is 20.1 Å². The molecule has 0 radical (unpaired) electrons. The SMILES string of the molecule is CC#Cc1c(OC)ccc2c(C(=O)c3cc(OC)c(OC)c(OC)c3)nn(CN3CC[N+](C)(Cc4ccc(N)o4)CC3)c12. The van der Waals surface area contributed by atoms with Gasteiger partial charge in [-0.2, -0.15) is 5.10 Å². The van der Waals surface area contributed by atoms with E-state index in [0.717, 1.165) is 48.5 Å². The molecule has 1 aliphatic heterocycles. The first kappa shape index (κ1) is 29.8. The number of carbonyl (C=O) groups is 1. The van der Waals surface area contributed by atoms with Crippen molar-refractivity contribution in [2.75, 3.05) is 67.4 Å². The molecule has 5 rings (SSSR count). The lowest BCUT2D eigenvalue weighted by atomic mass is 10.0. The molecule has 0 saturated carbocycles. The standard InChI is InChI=1S/C32H38N5O6/c1-7-8-23-25(39-3)11-10-24-29(31(38)21-17-26(40-4)32(42-6)27(18-21)41-5)34-36(30(23)24)20-35-13-15-37(2,16-14-35)19-22-9-12-28(33)43-22/h9-12,17-18H,13-16,19-20,33H2,1-6H3/q+1. The fraction of sp³-hybridized carbons (Fsp3) is 0.375. The number of nitrogens with two attached hydrogens (primary N) is 1. The number of nitrogen functional groups attached to an aromatic ring is 1. The van der Waals surface area contributed by atoms with Gasteiger partial charge in [0, 0.05) is 30.1 Å². The average Bonchev–Trinajstić information content (AvgIpc) is 3.59. The molecule has 11 nitrogen and oxygen atoms in total. The molecule has 11 heteroatoms. The number of nitrogens with zero attached hydrogens (tertiary/aromatic N) is 4. The van der Waals surface area contributed by atoms with Crippen molar-refractivity contribution in [3.05, 3.63) is 59.0 Å². The number of piperazine rings is 1. The zero-order valence-corrected chi connectivity index (χ0v) is 25.5. The van der Waals surface area contributed by atoms with Crippen LogP contribution in [0.25, 0.3) is 10.9 Å². The lowest BCUT2D eigenvalue weighted by Crippen LogP contribution is -2.56. The Hall–Kier alpha value is -4.66. The number of methoxy groups -OCH3 is 4. The van der Waals surface area contributed by atoms with Gasteiger partial charge in [-0.1, -0.05) is 5.92 Å². The van der Waals surface area contributed by atoms with Crippen LogP contribution in [0, 0.1) is 11.8 Å². The van der Waals surface area contributed by atoms with Gasteiger partial charge in [0.2, 0.25) is 11.5 Å². The predicted molar refractivity (Wildman–Crippen MR) is 163 cm³/mol. The maximum absolute atomic E-state index is 14.1. The van der Waals surface area contributed by atoms with E-state index in [1.165, 1.54) is 21.3 Å². The lowest BCUT2D eigenvalue weighted by molar-refractivity contribution is -0.927. The molecular weight excluding hydrogens is 550 g/mol. The fourth-order valence-corrected chi connectivity index (χ4v) is 5.63. The van der Waals surface area contributed by atoms with Gasteiger partial charge in [-0.3, -0.25) is 9.69 Å². The summed E-state index contributed by atoms with van der Waals surface area (Å²) in [5.41, 5.74) is 7.89. The third-order valence-corrected chi connectivity index (χ3v) is 7.95. The van der Waals surface area contributed by atoms with Gasteiger partial charge in [-0.05, 0) is 37.3 Å². The van der Waals surface area contributed by atoms with Crippen LogP contribution < -0.4 is 24.7 Å². The summed E-state index contributed by atoms with van der Waals surface area (Å²) in [7, 11) is 8.40. The second kappa shape index (κ2) is 12.3. The van der Waals surface area contributed by atoms with E-state index in [1.54, 1.807) is 32.2 Å². The number of likely N-dealkylation sites (N-methyl/N-ethyl adjacent to an activating group) is 1. The van der Waals surface area contributed by atoms with Gasteiger partial charge in [0.05, 0.1) is 66.3 Å². The zero-order valence-electron chi connectivity index (χ0n) is 25.5. The molecule has 1 fully saturated rings. The molecular formula is C32H38N5O6+. The minimum atomic E-state index is -0.274. The number of quaternary nitrogens is 1. The summed E-state index contributed by atoms with van der Waals surface area (Å²) >= 11 is 0. The van der Waals surface area contributed by atoms with Crippen LogP contribution in [0.4, 0.5) is 5.88 Å². The quantitative estimate of drug-likeness (QED) is 0.168. The molecule has 0 atom stereocenters. The van der Waals surface area contributed by atoms with Crippen LogP contribution in [0.2, 0.25) is 0 Å². The van der Waals surface area contributed by atoms with Crippen LogP contribution in [-0.2, 0) is 13.2 Å². The number of anilines is 1. The second-order valence-corrected chi connectivity index (χ2v) is 10.8. The van der Waals surface area contributed by atoms with Gasteiger partial charge in [-0.25, -0.2) is 4.68 Å². The molecule has 2 aromatic heterocycles. The van der Waals surface area contributed by atoms with Crippen molar-refractivity contribution < 1.29 is 32.6 Å². The summed E-state index contributed by atoms with van der Waals surface area (Å²) in [6.07, 6.45) is 0. The number of rotatable bonds is 10. The summed E-state index contributed by atoms with van der Waals surface area (Å²) in [5.74, 6) is 9.04. The molecule has 2 aromatic carbocycles. The molecule has 4 aromatic rings. The van der Waals surface area contributed by atoms with Crippen LogP contribution in [-0.4, -0.2) is 86.6 Å². The van der Waals surface area contributed by atoms with E-state index in [4.69, 9.17) is 34.2 Å². The molecule has 2 N–H and O–H groups in total. The molecule has 3 heterocycles. The third kappa shape index (κ3) is 5.84. The number of carbonyl (C=O) groups excluding carboxylic acids is 1. The highest BCUT2D eigenvalue weighted by Crippen LogP contribution is 2.39. The largest absolute Gasteiger partial charge is 0.495 e. The Bertz CT molecular complexity index is 1680. The van der Waals surface area contributed by atoms with Crippen LogP contribution in [0.3, 0.4) is 0 Å². The zero-order chi connectivity index (χ0) is 30.7. The first-order valence-electron chi connectivity index (χ1n) is 14.0. The van der Waals surface area contributed by atoms with Crippen molar-refractivity contribution in [1.82, 2.24) is 14.7 Å². The Morgan fingerprint density at radius 2 is 1.67 bits per heavy atom. The maximum atomic E-state index is 14.1. The van der Waals surface area contributed by atoms with E-state index in [1.807, 2.05) is 22.9 Å². The molecule has 0 unspecified atom stereocenters. The number of benzene rings is 2. The van der Waals surface area contributed by atoms with E-state index in [2.05, 4.69) is 23.8 Å². The number of hydrogen-bond donors (Lipinski definition) is 1. The molecule has 0 spiro atoms. The second-order valence-electron chi connectivity index (χ2n) is 10.8. The Morgan fingerprint density at radius 1 is 1.00 bits per heavy atom. The number of ether oxygens (including phenoxy) is 4. The highest BCUT2D eigenvalue weighted by Gasteiger charge is 2.31. The van der Waals surface area contributed by atoms with E-state index in [9.17, 15) is 4.79 Å².